The Hall–Kier alpha value is -2.76. The first-order valence-corrected chi connectivity index (χ1v) is 13.1. The number of benzene rings is 1. The van der Waals surface area contributed by atoms with Crippen LogP contribution in [0.25, 0.3) is 22.4 Å². The lowest BCUT2D eigenvalue weighted by molar-refractivity contribution is 0.297. The van der Waals surface area contributed by atoms with Gasteiger partial charge in [-0.1, -0.05) is 20.2 Å². The van der Waals surface area contributed by atoms with Crippen molar-refractivity contribution >= 4 is 21.1 Å². The van der Waals surface area contributed by atoms with Crippen molar-refractivity contribution in [1.82, 2.24) is 29.4 Å². The molecule has 36 heavy (non-hydrogen) atoms. The number of ether oxygens (including phenoxy) is 1. The molecule has 4 rings (SSSR count). The Kier molecular flexibility index (Phi) is 4.98. The van der Waals surface area contributed by atoms with Gasteiger partial charge in [-0.2, -0.15) is 5.10 Å². The minimum absolute atomic E-state index is 0.00823. The molecule has 0 spiro atoms. The molecule has 2 aromatic heterocycles. The van der Waals surface area contributed by atoms with Crippen LogP contribution < -0.4 is 15.0 Å². The van der Waals surface area contributed by atoms with E-state index in [1.165, 1.54) is 19.2 Å². The molecule has 3 heterocycles. The fraction of sp³-hybridized carbons (Fsp3) is 0.560. The van der Waals surface area contributed by atoms with Gasteiger partial charge in [-0.25, -0.2) is 18.1 Å². The summed E-state index contributed by atoms with van der Waals surface area (Å²) in [6.07, 6.45) is -4.37. The zero-order valence-corrected chi connectivity index (χ0v) is 20.9. The second kappa shape index (κ2) is 11.1. The normalized spacial score (nSPS) is 22.3. The summed E-state index contributed by atoms with van der Waals surface area (Å²) in [5.74, 6) is -0.0666. The van der Waals surface area contributed by atoms with Gasteiger partial charge in [0.1, 0.15) is 17.1 Å². The van der Waals surface area contributed by atoms with Gasteiger partial charge in [-0.15, -0.1) is 0 Å². The quantitative estimate of drug-likeness (QED) is 0.394. The van der Waals surface area contributed by atoms with E-state index in [9.17, 15) is 13.2 Å². The molecular formula is C25H36N6O4S. The summed E-state index contributed by atoms with van der Waals surface area (Å²) >= 11 is 0. The molecule has 1 aromatic carbocycles. The number of likely N-dealkylation sites (tertiary alicyclic amines) is 1. The summed E-state index contributed by atoms with van der Waals surface area (Å²) in [4.78, 5) is 20.9. The van der Waals surface area contributed by atoms with Crippen LogP contribution in [0.15, 0.2) is 27.9 Å². The number of rotatable bonds is 11. The van der Waals surface area contributed by atoms with Gasteiger partial charge in [-0.3, -0.25) is 9.48 Å². The maximum Gasteiger partial charge on any atom is 0.277 e. The predicted octanol–water partition coefficient (Wildman–Crippen LogP) is 2.83. The van der Waals surface area contributed by atoms with Crippen molar-refractivity contribution in [2.45, 2.75) is 63.1 Å². The van der Waals surface area contributed by atoms with E-state index in [2.05, 4.69) is 19.8 Å². The number of hydrogen-bond donors (Lipinski definition) is 2. The summed E-state index contributed by atoms with van der Waals surface area (Å²) in [6, 6.07) is 2.68. The van der Waals surface area contributed by atoms with Crippen LogP contribution in [-0.2, 0) is 23.4 Å². The second-order valence-electron chi connectivity index (χ2n) is 8.32. The SMILES string of the molecule is [2H]C([2H])([2H])CC([2H])([2H])c1nn(C)c2c(=O)[nH]c(-c3cc(S(=O)(=O)NCC([2H])([2H])C4CCCN4C([2H])([2H])[2H])ccc3OCCC)nc12. The van der Waals surface area contributed by atoms with E-state index in [0.717, 1.165) is 15.6 Å². The van der Waals surface area contributed by atoms with Crippen molar-refractivity contribution in [1.29, 1.82) is 0 Å². The van der Waals surface area contributed by atoms with Crippen molar-refractivity contribution < 1.29 is 26.9 Å². The van der Waals surface area contributed by atoms with Crippen LogP contribution in [0.4, 0.5) is 0 Å². The van der Waals surface area contributed by atoms with Gasteiger partial charge in [0.25, 0.3) is 5.56 Å². The molecule has 2 N–H and O–H groups in total. The van der Waals surface area contributed by atoms with Gasteiger partial charge in [0, 0.05) is 33.3 Å². The van der Waals surface area contributed by atoms with Crippen molar-refractivity contribution in [3.05, 3.63) is 34.2 Å². The standard InChI is InChI=1S/C25H36N6O4S/c1-5-8-20-22-23(31(4)29-20)25(32)28-24(27-22)19-16-18(10-11-21(19)35-15-6-2)36(33,34)26-13-12-17-9-7-14-30(17)3/h10-11,16-17,26H,5-9,12-15H2,1-4H3,(H,27,28,32)/i1D3,3D3,8D2,12D2. The largest absolute Gasteiger partial charge is 0.493 e. The number of nitrogens with one attached hydrogen (secondary N) is 2. The van der Waals surface area contributed by atoms with Crippen molar-refractivity contribution in [3.63, 3.8) is 0 Å². The van der Waals surface area contributed by atoms with Gasteiger partial charge in [-0.05, 0) is 63.7 Å². The van der Waals surface area contributed by atoms with E-state index < -0.39 is 61.2 Å². The molecule has 3 aromatic rings. The van der Waals surface area contributed by atoms with Crippen LogP contribution in [0.3, 0.4) is 0 Å². The Balaban J connectivity index is 1.76. The molecule has 1 saturated heterocycles. The van der Waals surface area contributed by atoms with Crippen LogP contribution >= 0.6 is 0 Å². The zero-order valence-electron chi connectivity index (χ0n) is 30.1. The van der Waals surface area contributed by atoms with Gasteiger partial charge in [0.05, 0.1) is 22.8 Å². The van der Waals surface area contributed by atoms with Crippen LogP contribution in [0.5, 0.6) is 5.75 Å². The molecule has 0 amide bonds. The smallest absolute Gasteiger partial charge is 0.277 e. The lowest BCUT2D eigenvalue weighted by Crippen LogP contribution is -2.31. The second-order valence-corrected chi connectivity index (χ2v) is 10.1. The van der Waals surface area contributed by atoms with E-state index in [1.807, 2.05) is 6.92 Å². The minimum Gasteiger partial charge on any atom is -0.493 e. The molecule has 10 nitrogen and oxygen atoms in total. The number of sulfonamides is 1. The number of nitrogens with zero attached hydrogens (tertiary/aromatic N) is 4. The summed E-state index contributed by atoms with van der Waals surface area (Å²) in [5.41, 5.74) is -1.46. The molecule has 1 unspecified atom stereocenters. The van der Waals surface area contributed by atoms with Crippen LogP contribution in [0.1, 0.15) is 65.2 Å². The van der Waals surface area contributed by atoms with Crippen molar-refractivity contribution in [2.75, 3.05) is 26.7 Å². The summed E-state index contributed by atoms with van der Waals surface area (Å²) < 4.78 is 116. The van der Waals surface area contributed by atoms with Gasteiger partial charge >= 0.3 is 0 Å². The molecule has 1 atom stereocenters. The van der Waals surface area contributed by atoms with E-state index >= 15 is 0 Å². The highest BCUT2D eigenvalue weighted by Gasteiger charge is 2.23. The molecule has 196 valence electrons. The van der Waals surface area contributed by atoms with E-state index in [-0.39, 0.29) is 58.3 Å². The average Bonchev–Trinajstić information content (AvgIpc) is 3.56. The first-order valence-electron chi connectivity index (χ1n) is 16.6. The summed E-state index contributed by atoms with van der Waals surface area (Å²) in [6.45, 7) is -3.70. The monoisotopic (exact) mass is 526 g/mol. The van der Waals surface area contributed by atoms with E-state index in [0.29, 0.717) is 12.8 Å². The van der Waals surface area contributed by atoms with Crippen LogP contribution in [-0.4, -0.2) is 65.8 Å². The zero-order chi connectivity index (χ0) is 34.5. The number of aryl methyl sites for hydroxylation is 2. The molecule has 1 fully saturated rings. The fourth-order valence-corrected chi connectivity index (χ4v) is 4.99. The molecule has 1 aliphatic heterocycles. The highest BCUT2D eigenvalue weighted by atomic mass is 32.2. The molecule has 11 heteroatoms. The topological polar surface area (TPSA) is 122 Å². The lowest BCUT2D eigenvalue weighted by Gasteiger charge is -2.19. The molecular weight excluding hydrogens is 480 g/mol. The van der Waals surface area contributed by atoms with E-state index in [4.69, 9.17) is 18.4 Å². The van der Waals surface area contributed by atoms with E-state index in [1.54, 1.807) is 0 Å². The average molecular weight is 527 g/mol. The number of fused-ring (bicyclic) bond motifs is 1. The predicted molar refractivity (Wildman–Crippen MR) is 140 cm³/mol. The Labute approximate surface area is 226 Å². The highest BCUT2D eigenvalue weighted by molar-refractivity contribution is 7.89. The Morgan fingerprint density at radius 1 is 1.36 bits per heavy atom. The van der Waals surface area contributed by atoms with Crippen LogP contribution in [0, 0.1) is 0 Å². The molecule has 0 saturated carbocycles. The maximum absolute atomic E-state index is 13.4. The number of H-pyrrole nitrogens is 1. The number of hydrogen-bond acceptors (Lipinski definition) is 7. The Bertz CT molecular complexity index is 1750. The minimum atomic E-state index is -4.41. The lowest BCUT2D eigenvalue weighted by atomic mass is 10.1. The van der Waals surface area contributed by atoms with Crippen molar-refractivity contribution in [2.24, 2.45) is 7.05 Å². The molecule has 0 aliphatic carbocycles. The third-order valence-electron chi connectivity index (χ3n) is 5.78. The van der Waals surface area contributed by atoms with Gasteiger partial charge < -0.3 is 14.6 Å². The van der Waals surface area contributed by atoms with Gasteiger partial charge in [0.2, 0.25) is 10.0 Å². The summed E-state index contributed by atoms with van der Waals surface area (Å²) in [5, 5.41) is 4.07. The first kappa shape index (κ1) is 16.2. The number of aromatic nitrogens is 4. The van der Waals surface area contributed by atoms with Gasteiger partial charge in [0.15, 0.2) is 5.52 Å². The number of aromatic amines is 1. The Morgan fingerprint density at radius 2 is 2.22 bits per heavy atom. The molecule has 1 aliphatic rings. The highest BCUT2D eigenvalue weighted by Crippen LogP contribution is 2.31. The fourth-order valence-electron chi connectivity index (χ4n) is 4.03. The van der Waals surface area contributed by atoms with Crippen LogP contribution in [0.2, 0.25) is 0 Å². The first-order chi connectivity index (χ1) is 21.1. The van der Waals surface area contributed by atoms with Crippen molar-refractivity contribution in [3.8, 4) is 17.1 Å². The molecule has 0 bridgehead atoms. The maximum atomic E-state index is 13.4. The third-order valence-corrected chi connectivity index (χ3v) is 7.18. The molecule has 0 radical (unpaired) electrons. The Morgan fingerprint density at radius 3 is 3.00 bits per heavy atom. The third kappa shape index (κ3) is 5.47. The summed E-state index contributed by atoms with van der Waals surface area (Å²) in [7, 11) is -3.03.